The van der Waals surface area contributed by atoms with Crippen LogP contribution < -0.4 is 10.5 Å². The van der Waals surface area contributed by atoms with Crippen LogP contribution in [0.25, 0.3) is 10.8 Å². The lowest BCUT2D eigenvalue weighted by Gasteiger charge is -2.32. The number of rotatable bonds is 4. The SMILES string of the molecule is CCOc1ccc2ccccc2c1[C@@H](N)[C@@H](O)C(C)(C)C.Cl. The highest BCUT2D eigenvalue weighted by Crippen LogP contribution is 2.37. The summed E-state index contributed by atoms with van der Waals surface area (Å²) in [5.74, 6) is 0.756. The zero-order valence-corrected chi connectivity index (χ0v) is 14.5. The molecule has 0 aliphatic heterocycles. The molecule has 0 amide bonds. The molecule has 22 heavy (non-hydrogen) atoms. The van der Waals surface area contributed by atoms with E-state index in [1.165, 1.54) is 0 Å². The number of benzene rings is 2. The largest absolute Gasteiger partial charge is 0.494 e. The van der Waals surface area contributed by atoms with Crippen LogP contribution in [-0.4, -0.2) is 17.8 Å². The lowest BCUT2D eigenvalue weighted by atomic mass is 9.81. The lowest BCUT2D eigenvalue weighted by Crippen LogP contribution is -2.37. The summed E-state index contributed by atoms with van der Waals surface area (Å²) in [5.41, 5.74) is 6.99. The Morgan fingerprint density at radius 1 is 1.14 bits per heavy atom. The Balaban J connectivity index is 0.00000242. The fraction of sp³-hybridized carbons (Fsp3) is 0.444. The van der Waals surface area contributed by atoms with Crippen LogP contribution in [0, 0.1) is 5.41 Å². The van der Waals surface area contributed by atoms with Crippen LogP contribution >= 0.6 is 12.4 Å². The summed E-state index contributed by atoms with van der Waals surface area (Å²) >= 11 is 0. The fourth-order valence-electron chi connectivity index (χ4n) is 2.60. The normalized spacial score (nSPS) is 14.3. The molecule has 122 valence electrons. The van der Waals surface area contributed by atoms with Crippen molar-refractivity contribution in [1.82, 2.24) is 0 Å². The quantitative estimate of drug-likeness (QED) is 0.891. The maximum Gasteiger partial charge on any atom is 0.124 e. The number of nitrogens with two attached hydrogens (primary N) is 1. The standard InChI is InChI=1S/C18H25NO2.ClH/c1-5-21-14-11-10-12-8-6-7-9-13(12)15(14)16(19)17(20)18(2,3)4;/h6-11,16-17,20H,5,19H2,1-4H3;1H/t16-,17-;/m1./s1. The van der Waals surface area contributed by atoms with Gasteiger partial charge in [-0.15, -0.1) is 12.4 Å². The van der Waals surface area contributed by atoms with Crippen molar-refractivity contribution in [2.24, 2.45) is 11.1 Å². The Bertz CT molecular complexity index is 622. The first kappa shape index (κ1) is 18.8. The highest BCUT2D eigenvalue weighted by Gasteiger charge is 2.31. The van der Waals surface area contributed by atoms with E-state index in [4.69, 9.17) is 10.5 Å². The smallest absolute Gasteiger partial charge is 0.124 e. The summed E-state index contributed by atoms with van der Waals surface area (Å²) in [6, 6.07) is 11.5. The van der Waals surface area contributed by atoms with Gasteiger partial charge in [-0.3, -0.25) is 0 Å². The molecule has 2 rings (SSSR count). The molecule has 2 aromatic rings. The fourth-order valence-corrected chi connectivity index (χ4v) is 2.60. The van der Waals surface area contributed by atoms with Gasteiger partial charge < -0.3 is 15.6 Å². The Kier molecular flexibility index (Phi) is 6.24. The van der Waals surface area contributed by atoms with E-state index in [9.17, 15) is 5.11 Å². The summed E-state index contributed by atoms with van der Waals surface area (Å²) < 4.78 is 5.74. The molecule has 3 N–H and O–H groups in total. The zero-order valence-electron chi connectivity index (χ0n) is 13.7. The second-order valence-electron chi connectivity index (χ2n) is 6.47. The molecule has 2 atom stereocenters. The molecule has 0 aromatic heterocycles. The predicted molar refractivity (Wildman–Crippen MR) is 94.8 cm³/mol. The third-order valence-corrected chi connectivity index (χ3v) is 3.79. The van der Waals surface area contributed by atoms with Crippen molar-refractivity contribution < 1.29 is 9.84 Å². The molecular weight excluding hydrogens is 298 g/mol. The lowest BCUT2D eigenvalue weighted by molar-refractivity contribution is 0.0397. The zero-order chi connectivity index (χ0) is 15.6. The van der Waals surface area contributed by atoms with E-state index in [-0.39, 0.29) is 17.8 Å². The van der Waals surface area contributed by atoms with E-state index in [0.717, 1.165) is 22.1 Å². The molecule has 0 fully saturated rings. The monoisotopic (exact) mass is 323 g/mol. The number of fused-ring (bicyclic) bond motifs is 1. The molecule has 0 aliphatic carbocycles. The molecule has 0 saturated carbocycles. The molecule has 0 radical (unpaired) electrons. The first-order valence-electron chi connectivity index (χ1n) is 7.44. The molecular formula is C18H26ClNO2. The Morgan fingerprint density at radius 3 is 2.36 bits per heavy atom. The van der Waals surface area contributed by atoms with Gasteiger partial charge in [0.25, 0.3) is 0 Å². The molecule has 2 aromatic carbocycles. The van der Waals surface area contributed by atoms with Crippen LogP contribution in [0.1, 0.15) is 39.3 Å². The van der Waals surface area contributed by atoms with Gasteiger partial charge in [0.1, 0.15) is 5.75 Å². The van der Waals surface area contributed by atoms with Crippen molar-refractivity contribution in [3.63, 3.8) is 0 Å². The second-order valence-corrected chi connectivity index (χ2v) is 6.47. The number of ether oxygens (including phenoxy) is 1. The average molecular weight is 324 g/mol. The summed E-state index contributed by atoms with van der Waals surface area (Å²) in [6.45, 7) is 8.49. The second kappa shape index (κ2) is 7.32. The van der Waals surface area contributed by atoms with Gasteiger partial charge in [-0.05, 0) is 29.2 Å². The highest BCUT2D eigenvalue weighted by atomic mass is 35.5. The van der Waals surface area contributed by atoms with Crippen LogP contribution in [0.3, 0.4) is 0 Å². The van der Waals surface area contributed by atoms with Crippen molar-refractivity contribution in [3.8, 4) is 5.75 Å². The maximum absolute atomic E-state index is 10.6. The van der Waals surface area contributed by atoms with Crippen LogP contribution in [0.4, 0.5) is 0 Å². The van der Waals surface area contributed by atoms with Gasteiger partial charge in [0.15, 0.2) is 0 Å². The van der Waals surface area contributed by atoms with Crippen molar-refractivity contribution >= 4 is 23.2 Å². The van der Waals surface area contributed by atoms with Gasteiger partial charge >= 0.3 is 0 Å². The molecule has 0 spiro atoms. The summed E-state index contributed by atoms with van der Waals surface area (Å²) in [6.07, 6.45) is -0.650. The molecule has 0 bridgehead atoms. The first-order valence-corrected chi connectivity index (χ1v) is 7.44. The molecule has 0 unspecified atom stereocenters. The Morgan fingerprint density at radius 2 is 1.77 bits per heavy atom. The molecule has 0 heterocycles. The topological polar surface area (TPSA) is 55.5 Å². The van der Waals surface area contributed by atoms with Gasteiger partial charge in [-0.2, -0.15) is 0 Å². The maximum atomic E-state index is 10.6. The van der Waals surface area contributed by atoms with Crippen LogP contribution in [0.5, 0.6) is 5.75 Å². The summed E-state index contributed by atoms with van der Waals surface area (Å²) in [7, 11) is 0. The number of hydrogen-bond donors (Lipinski definition) is 2. The van der Waals surface area contributed by atoms with Gasteiger partial charge in [-0.1, -0.05) is 51.1 Å². The molecule has 0 aliphatic rings. The minimum Gasteiger partial charge on any atom is -0.494 e. The number of aliphatic hydroxyl groups excluding tert-OH is 1. The minimum absolute atomic E-state index is 0. The van der Waals surface area contributed by atoms with Crippen molar-refractivity contribution in [1.29, 1.82) is 0 Å². The summed E-state index contributed by atoms with van der Waals surface area (Å²) in [5, 5.41) is 12.7. The van der Waals surface area contributed by atoms with Gasteiger partial charge in [-0.25, -0.2) is 0 Å². The number of hydrogen-bond acceptors (Lipinski definition) is 3. The van der Waals surface area contributed by atoms with Gasteiger partial charge in [0.2, 0.25) is 0 Å². The third kappa shape index (κ3) is 3.72. The number of aliphatic hydroxyl groups is 1. The Hall–Kier alpha value is -1.29. The number of halogens is 1. The first-order chi connectivity index (χ1) is 9.86. The van der Waals surface area contributed by atoms with E-state index < -0.39 is 12.1 Å². The van der Waals surface area contributed by atoms with Crippen LogP contribution in [-0.2, 0) is 0 Å². The molecule has 0 saturated heterocycles. The van der Waals surface area contributed by atoms with Gasteiger partial charge in [0, 0.05) is 5.56 Å². The molecule has 3 nitrogen and oxygen atoms in total. The minimum atomic E-state index is -0.650. The van der Waals surface area contributed by atoms with Gasteiger partial charge in [0.05, 0.1) is 18.8 Å². The predicted octanol–water partition coefficient (Wildman–Crippen LogP) is 4.07. The van der Waals surface area contributed by atoms with E-state index in [1.807, 2.05) is 64.1 Å². The van der Waals surface area contributed by atoms with Crippen molar-refractivity contribution in [3.05, 3.63) is 42.0 Å². The van der Waals surface area contributed by atoms with Crippen molar-refractivity contribution in [2.75, 3.05) is 6.61 Å². The molecule has 4 heteroatoms. The van der Waals surface area contributed by atoms with Crippen molar-refractivity contribution in [2.45, 2.75) is 39.8 Å². The van der Waals surface area contributed by atoms with E-state index in [1.54, 1.807) is 0 Å². The van der Waals surface area contributed by atoms with E-state index >= 15 is 0 Å². The average Bonchev–Trinajstić information content (AvgIpc) is 2.45. The van der Waals surface area contributed by atoms with E-state index in [0.29, 0.717) is 6.61 Å². The van der Waals surface area contributed by atoms with E-state index in [2.05, 4.69) is 0 Å². The third-order valence-electron chi connectivity index (χ3n) is 3.79. The Labute approximate surface area is 138 Å². The van der Waals surface area contributed by atoms with Crippen LogP contribution in [0.15, 0.2) is 36.4 Å². The highest BCUT2D eigenvalue weighted by molar-refractivity contribution is 5.88. The summed E-state index contributed by atoms with van der Waals surface area (Å²) in [4.78, 5) is 0. The van der Waals surface area contributed by atoms with Crippen LogP contribution in [0.2, 0.25) is 0 Å².